The van der Waals surface area contributed by atoms with Crippen LogP contribution in [-0.2, 0) is 14.6 Å². The van der Waals surface area contributed by atoms with Crippen molar-refractivity contribution in [2.75, 3.05) is 18.1 Å². The Bertz CT molecular complexity index is 865. The van der Waals surface area contributed by atoms with Gasteiger partial charge in [-0.2, -0.15) is 0 Å². The highest BCUT2D eigenvalue weighted by atomic mass is 32.2. The van der Waals surface area contributed by atoms with Crippen molar-refractivity contribution in [2.24, 2.45) is 0 Å². The number of benzene rings is 1. The molecule has 1 aliphatic heterocycles. The van der Waals surface area contributed by atoms with E-state index in [-0.39, 0.29) is 36.1 Å². The molecule has 0 unspecified atom stereocenters. The van der Waals surface area contributed by atoms with Crippen LogP contribution in [0.2, 0.25) is 0 Å². The van der Waals surface area contributed by atoms with Gasteiger partial charge in [0.2, 0.25) is 12.3 Å². The zero-order valence-electron chi connectivity index (χ0n) is 15.4. The molecule has 3 rings (SSSR count). The fourth-order valence-electron chi connectivity index (χ4n) is 3.21. The number of hydrogen-bond acceptors (Lipinski definition) is 7. The van der Waals surface area contributed by atoms with Crippen LogP contribution in [0, 0.1) is 0 Å². The van der Waals surface area contributed by atoms with Gasteiger partial charge in [-0.15, -0.1) is 10.2 Å². The minimum atomic E-state index is -3.06. The quantitative estimate of drug-likeness (QED) is 0.708. The number of carbonyl (C=O) groups excluding carboxylic acids is 1. The van der Waals surface area contributed by atoms with Crippen molar-refractivity contribution in [3.63, 3.8) is 0 Å². The van der Waals surface area contributed by atoms with Gasteiger partial charge in [-0.3, -0.25) is 4.79 Å². The molecule has 1 fully saturated rings. The van der Waals surface area contributed by atoms with Crippen LogP contribution in [0.4, 0.5) is 0 Å². The monoisotopic (exact) mass is 393 g/mol. The molecule has 0 spiro atoms. The van der Waals surface area contributed by atoms with Gasteiger partial charge in [-0.05, 0) is 44.0 Å². The summed E-state index contributed by atoms with van der Waals surface area (Å²) in [7, 11) is -3.06. The molecule has 1 amide bonds. The topological polar surface area (TPSA) is 103 Å². The van der Waals surface area contributed by atoms with E-state index in [2.05, 4.69) is 10.2 Å². The lowest BCUT2D eigenvalue weighted by atomic mass is 10.1. The Morgan fingerprint density at radius 1 is 1.37 bits per heavy atom. The lowest BCUT2D eigenvalue weighted by Crippen LogP contribution is -2.48. The van der Waals surface area contributed by atoms with E-state index in [1.54, 1.807) is 29.2 Å². The average molecular weight is 393 g/mol. The number of amides is 1. The summed E-state index contributed by atoms with van der Waals surface area (Å²) in [6.07, 6.45) is 2.49. The Balaban J connectivity index is 1.63. The Morgan fingerprint density at radius 2 is 2.11 bits per heavy atom. The standard InChI is InChI=1S/C18H23N3O5S/c1-3-13(2)21(15-8-9-27(23,24)11-15)17(22)10-25-16-6-4-14(5-7-16)18-20-19-12-26-18/h4-7,12-13,15H,3,8-11H2,1-2H3/t13-,15-/m1/s1. The molecule has 2 atom stereocenters. The molecule has 2 heterocycles. The lowest BCUT2D eigenvalue weighted by Gasteiger charge is -2.33. The number of nitrogens with zero attached hydrogens (tertiary/aromatic N) is 3. The summed E-state index contributed by atoms with van der Waals surface area (Å²) >= 11 is 0. The van der Waals surface area contributed by atoms with Crippen LogP contribution in [0.25, 0.3) is 11.5 Å². The first-order chi connectivity index (χ1) is 12.9. The van der Waals surface area contributed by atoms with E-state index in [0.717, 1.165) is 12.0 Å². The smallest absolute Gasteiger partial charge is 0.261 e. The Kier molecular flexibility index (Phi) is 5.79. The molecule has 8 nitrogen and oxygen atoms in total. The third-order valence-corrected chi connectivity index (χ3v) is 6.53. The molecule has 0 aliphatic carbocycles. The zero-order valence-corrected chi connectivity index (χ0v) is 16.2. The van der Waals surface area contributed by atoms with Crippen molar-refractivity contribution in [1.82, 2.24) is 15.1 Å². The second-order valence-electron chi connectivity index (χ2n) is 6.67. The zero-order chi connectivity index (χ0) is 19.4. The average Bonchev–Trinajstić information content (AvgIpc) is 3.30. The van der Waals surface area contributed by atoms with Crippen molar-refractivity contribution < 1.29 is 22.4 Å². The van der Waals surface area contributed by atoms with Crippen LogP contribution < -0.4 is 4.74 Å². The number of aromatic nitrogens is 2. The van der Waals surface area contributed by atoms with Gasteiger partial charge in [0.25, 0.3) is 5.91 Å². The predicted molar refractivity (Wildman–Crippen MR) is 98.9 cm³/mol. The summed E-state index contributed by atoms with van der Waals surface area (Å²) in [6, 6.07) is 6.66. The molecule has 27 heavy (non-hydrogen) atoms. The third-order valence-electron chi connectivity index (χ3n) is 4.78. The summed E-state index contributed by atoms with van der Waals surface area (Å²) in [5, 5.41) is 7.46. The Labute approximate surface area is 158 Å². The largest absolute Gasteiger partial charge is 0.484 e. The summed E-state index contributed by atoms with van der Waals surface area (Å²) in [5.74, 6) is 0.905. The molecular weight excluding hydrogens is 370 g/mol. The Morgan fingerprint density at radius 3 is 2.67 bits per heavy atom. The first-order valence-corrected chi connectivity index (χ1v) is 10.7. The molecule has 1 aromatic heterocycles. The van der Waals surface area contributed by atoms with E-state index in [9.17, 15) is 13.2 Å². The number of hydrogen-bond donors (Lipinski definition) is 0. The second-order valence-corrected chi connectivity index (χ2v) is 8.90. The summed E-state index contributed by atoms with van der Waals surface area (Å²) in [6.45, 7) is 3.77. The van der Waals surface area contributed by atoms with E-state index < -0.39 is 9.84 Å². The van der Waals surface area contributed by atoms with Crippen molar-refractivity contribution >= 4 is 15.7 Å². The molecule has 1 aliphatic rings. The van der Waals surface area contributed by atoms with Crippen LogP contribution in [0.15, 0.2) is 35.1 Å². The van der Waals surface area contributed by atoms with Gasteiger partial charge in [-0.1, -0.05) is 6.92 Å². The molecule has 0 radical (unpaired) electrons. The van der Waals surface area contributed by atoms with Gasteiger partial charge in [0, 0.05) is 17.6 Å². The van der Waals surface area contributed by atoms with Crippen molar-refractivity contribution in [1.29, 1.82) is 0 Å². The molecule has 1 saturated heterocycles. The van der Waals surface area contributed by atoms with Crippen molar-refractivity contribution in [3.8, 4) is 17.2 Å². The SMILES string of the molecule is CC[C@@H](C)N(C(=O)COc1ccc(-c2nnco2)cc1)[C@@H]1CCS(=O)(=O)C1. The van der Waals surface area contributed by atoms with E-state index in [0.29, 0.717) is 18.1 Å². The number of rotatable bonds is 7. The lowest BCUT2D eigenvalue weighted by molar-refractivity contribution is -0.137. The molecule has 146 valence electrons. The minimum Gasteiger partial charge on any atom is -0.484 e. The van der Waals surface area contributed by atoms with Crippen LogP contribution >= 0.6 is 0 Å². The maximum atomic E-state index is 12.7. The molecule has 9 heteroatoms. The first-order valence-electron chi connectivity index (χ1n) is 8.90. The Hall–Kier alpha value is -2.42. The fourth-order valence-corrected chi connectivity index (χ4v) is 4.92. The second kappa shape index (κ2) is 8.08. The summed E-state index contributed by atoms with van der Waals surface area (Å²) in [4.78, 5) is 14.4. The van der Waals surface area contributed by atoms with Crippen LogP contribution in [0.5, 0.6) is 5.75 Å². The van der Waals surface area contributed by atoms with Gasteiger partial charge in [-0.25, -0.2) is 8.42 Å². The van der Waals surface area contributed by atoms with E-state index in [1.165, 1.54) is 6.39 Å². The molecule has 0 N–H and O–H groups in total. The van der Waals surface area contributed by atoms with Gasteiger partial charge in [0.15, 0.2) is 16.4 Å². The number of sulfone groups is 1. The maximum Gasteiger partial charge on any atom is 0.261 e. The summed E-state index contributed by atoms with van der Waals surface area (Å²) < 4.78 is 34.4. The molecule has 0 saturated carbocycles. The highest BCUT2D eigenvalue weighted by Gasteiger charge is 2.36. The van der Waals surface area contributed by atoms with E-state index >= 15 is 0 Å². The van der Waals surface area contributed by atoms with Crippen molar-refractivity contribution in [2.45, 2.75) is 38.8 Å². The predicted octanol–water partition coefficient (Wildman–Crippen LogP) is 1.93. The molecule has 0 bridgehead atoms. The highest BCUT2D eigenvalue weighted by Crippen LogP contribution is 2.23. The fraction of sp³-hybridized carbons (Fsp3) is 0.500. The first kappa shape index (κ1) is 19.3. The molecular formula is C18H23N3O5S. The number of ether oxygens (including phenoxy) is 1. The molecule has 1 aromatic carbocycles. The van der Waals surface area contributed by atoms with Crippen molar-refractivity contribution in [3.05, 3.63) is 30.7 Å². The van der Waals surface area contributed by atoms with E-state index in [4.69, 9.17) is 9.15 Å². The maximum absolute atomic E-state index is 12.7. The molecule has 2 aromatic rings. The van der Waals surface area contributed by atoms with Gasteiger partial charge in [0.05, 0.1) is 11.5 Å². The normalized spacial score (nSPS) is 19.6. The third kappa shape index (κ3) is 4.65. The minimum absolute atomic E-state index is 0.0297. The van der Waals surface area contributed by atoms with Gasteiger partial charge in [0.1, 0.15) is 5.75 Å². The number of carbonyl (C=O) groups is 1. The van der Waals surface area contributed by atoms with Crippen LogP contribution in [0.1, 0.15) is 26.7 Å². The van der Waals surface area contributed by atoms with E-state index in [1.807, 2.05) is 13.8 Å². The van der Waals surface area contributed by atoms with Gasteiger partial charge >= 0.3 is 0 Å². The van der Waals surface area contributed by atoms with Crippen LogP contribution in [-0.4, -0.2) is 59.6 Å². The highest BCUT2D eigenvalue weighted by molar-refractivity contribution is 7.91. The summed E-state index contributed by atoms with van der Waals surface area (Å²) in [5.41, 5.74) is 0.753. The van der Waals surface area contributed by atoms with Gasteiger partial charge < -0.3 is 14.1 Å². The van der Waals surface area contributed by atoms with Crippen LogP contribution in [0.3, 0.4) is 0 Å².